The predicted octanol–water partition coefficient (Wildman–Crippen LogP) is 4.21. The van der Waals surface area contributed by atoms with E-state index in [0.29, 0.717) is 17.0 Å². The molecule has 11 heteroatoms. The van der Waals surface area contributed by atoms with E-state index in [0.717, 1.165) is 11.5 Å². The number of ether oxygens (including phenoxy) is 3. The van der Waals surface area contributed by atoms with E-state index in [1.165, 1.54) is 32.5 Å². The number of halogens is 3. The van der Waals surface area contributed by atoms with Crippen LogP contribution in [0.4, 0.5) is 13.2 Å². The van der Waals surface area contributed by atoms with Crippen LogP contribution in [0.1, 0.15) is 16.1 Å². The van der Waals surface area contributed by atoms with Crippen LogP contribution in [0.15, 0.2) is 67.0 Å². The summed E-state index contributed by atoms with van der Waals surface area (Å²) in [5.74, 6) is -1.02. The Hall–Kier alpha value is -4.12. The second kappa shape index (κ2) is 9.26. The van der Waals surface area contributed by atoms with Crippen LogP contribution in [0.2, 0.25) is 0 Å². The predicted molar refractivity (Wildman–Crippen MR) is 120 cm³/mol. The maximum atomic E-state index is 14.6. The molecule has 182 valence electrons. The molecule has 1 unspecified atom stereocenters. The number of pyridine rings is 2. The van der Waals surface area contributed by atoms with Gasteiger partial charge in [0, 0.05) is 30.6 Å². The Morgan fingerprint density at radius 1 is 0.971 bits per heavy atom. The molecule has 3 aromatic heterocycles. The van der Waals surface area contributed by atoms with Gasteiger partial charge in [0.25, 0.3) is 11.6 Å². The third-order valence-electron chi connectivity index (χ3n) is 5.43. The van der Waals surface area contributed by atoms with Crippen LogP contribution in [-0.2, 0) is 10.5 Å². The second-order valence-corrected chi connectivity index (χ2v) is 7.38. The summed E-state index contributed by atoms with van der Waals surface area (Å²) in [6, 6.07) is 14.1. The number of aromatic nitrogens is 3. The minimum atomic E-state index is -5.08. The molecule has 0 aliphatic carbocycles. The molecule has 0 fully saturated rings. The first kappa shape index (κ1) is 24.0. The standard InChI is InChI=1S/C24H21F3N4O4/c1-33-21-17(10-7-12-28-21)16-11-13-31-18(14-16)29-22(34-2)19(31)23(35-3,24(25,26)27)30-20(32)15-8-5-4-6-9-15/h4-14H,1-3H3,(H,30,32). The number of hydrogen-bond donors (Lipinski definition) is 1. The molecule has 1 N–H and O–H groups in total. The van der Waals surface area contributed by atoms with Gasteiger partial charge in [-0.25, -0.2) is 4.98 Å². The van der Waals surface area contributed by atoms with Gasteiger partial charge in [0.15, 0.2) is 0 Å². The van der Waals surface area contributed by atoms with Crippen molar-refractivity contribution in [2.75, 3.05) is 21.3 Å². The number of hydrogen-bond acceptors (Lipinski definition) is 6. The molecular formula is C24H21F3N4O4. The van der Waals surface area contributed by atoms with Crippen molar-refractivity contribution < 1.29 is 32.2 Å². The minimum absolute atomic E-state index is 0.0249. The lowest BCUT2D eigenvalue weighted by atomic mass is 10.1. The number of carbonyl (C=O) groups excluding carboxylic acids is 1. The number of rotatable bonds is 7. The Balaban J connectivity index is 1.91. The highest BCUT2D eigenvalue weighted by Gasteiger charge is 2.62. The van der Waals surface area contributed by atoms with Crippen LogP contribution in [0.25, 0.3) is 16.8 Å². The van der Waals surface area contributed by atoms with Gasteiger partial charge in [-0.15, -0.1) is 0 Å². The van der Waals surface area contributed by atoms with Gasteiger partial charge in [0.05, 0.1) is 14.2 Å². The minimum Gasteiger partial charge on any atom is -0.481 e. The lowest BCUT2D eigenvalue weighted by molar-refractivity contribution is -0.287. The van der Waals surface area contributed by atoms with Crippen molar-refractivity contribution in [3.05, 3.63) is 78.2 Å². The van der Waals surface area contributed by atoms with Crippen molar-refractivity contribution in [2.24, 2.45) is 0 Å². The summed E-state index contributed by atoms with van der Waals surface area (Å²) < 4.78 is 60.6. The summed E-state index contributed by atoms with van der Waals surface area (Å²) >= 11 is 0. The molecule has 8 nitrogen and oxygen atoms in total. The molecule has 4 aromatic rings. The molecule has 0 saturated heterocycles. The Bertz CT molecular complexity index is 1360. The average Bonchev–Trinajstić information content (AvgIpc) is 3.25. The first-order valence-electron chi connectivity index (χ1n) is 10.3. The van der Waals surface area contributed by atoms with Gasteiger partial charge in [-0.05, 0) is 42.0 Å². The van der Waals surface area contributed by atoms with Crippen LogP contribution in [0.3, 0.4) is 0 Å². The van der Waals surface area contributed by atoms with E-state index in [-0.39, 0.29) is 17.1 Å². The smallest absolute Gasteiger partial charge is 0.443 e. The molecular weight excluding hydrogens is 465 g/mol. The van der Waals surface area contributed by atoms with Crippen molar-refractivity contribution in [1.29, 1.82) is 0 Å². The van der Waals surface area contributed by atoms with Crippen LogP contribution in [-0.4, -0.2) is 47.8 Å². The Kier molecular flexibility index (Phi) is 6.35. The van der Waals surface area contributed by atoms with E-state index in [1.807, 2.05) is 5.32 Å². The number of methoxy groups -OCH3 is 3. The van der Waals surface area contributed by atoms with Crippen molar-refractivity contribution >= 4 is 11.6 Å². The van der Waals surface area contributed by atoms with Gasteiger partial charge in [-0.2, -0.15) is 18.2 Å². The van der Waals surface area contributed by atoms with Crippen molar-refractivity contribution in [3.63, 3.8) is 0 Å². The number of benzene rings is 1. The van der Waals surface area contributed by atoms with E-state index in [2.05, 4.69) is 9.97 Å². The Labute approximate surface area is 198 Å². The molecule has 0 spiro atoms. The SMILES string of the molecule is COc1ncccc1-c1ccn2c(C(NC(=O)c3ccccc3)(OC)C(F)(F)F)c(OC)nc2c1. The molecule has 0 bridgehead atoms. The zero-order valence-electron chi connectivity index (χ0n) is 19.0. The summed E-state index contributed by atoms with van der Waals surface area (Å²) in [6.07, 6.45) is -2.14. The number of nitrogens with one attached hydrogen (secondary N) is 1. The van der Waals surface area contributed by atoms with Gasteiger partial charge in [0.2, 0.25) is 11.8 Å². The second-order valence-electron chi connectivity index (χ2n) is 7.38. The number of nitrogens with zero attached hydrogens (tertiary/aromatic N) is 3. The fraction of sp³-hybridized carbons (Fsp3) is 0.208. The number of carbonyl (C=O) groups is 1. The van der Waals surface area contributed by atoms with Crippen LogP contribution >= 0.6 is 0 Å². The van der Waals surface area contributed by atoms with Gasteiger partial charge in [-0.1, -0.05) is 18.2 Å². The summed E-state index contributed by atoms with van der Waals surface area (Å²) in [7, 11) is 3.51. The molecule has 1 aromatic carbocycles. The van der Waals surface area contributed by atoms with E-state index in [4.69, 9.17) is 14.2 Å². The highest BCUT2D eigenvalue weighted by Crippen LogP contribution is 2.44. The zero-order valence-corrected chi connectivity index (χ0v) is 19.0. The number of amides is 1. The van der Waals surface area contributed by atoms with Gasteiger partial charge in [0.1, 0.15) is 11.3 Å². The number of imidazole rings is 1. The van der Waals surface area contributed by atoms with E-state index < -0.39 is 23.5 Å². The molecule has 3 heterocycles. The van der Waals surface area contributed by atoms with Crippen LogP contribution in [0, 0.1) is 0 Å². The van der Waals surface area contributed by atoms with Crippen LogP contribution in [0.5, 0.6) is 11.8 Å². The summed E-state index contributed by atoms with van der Waals surface area (Å²) in [5, 5.41) is 2.01. The molecule has 0 saturated carbocycles. The molecule has 1 atom stereocenters. The lowest BCUT2D eigenvalue weighted by Crippen LogP contribution is -2.58. The summed E-state index contributed by atoms with van der Waals surface area (Å²) in [5.41, 5.74) is -2.44. The van der Waals surface area contributed by atoms with Crippen LogP contribution < -0.4 is 14.8 Å². The fourth-order valence-corrected chi connectivity index (χ4v) is 3.78. The van der Waals surface area contributed by atoms with Gasteiger partial charge in [-0.3, -0.25) is 9.20 Å². The third-order valence-corrected chi connectivity index (χ3v) is 5.43. The van der Waals surface area contributed by atoms with Gasteiger partial charge >= 0.3 is 6.18 Å². The number of fused-ring (bicyclic) bond motifs is 1. The van der Waals surface area contributed by atoms with E-state index in [9.17, 15) is 18.0 Å². The van der Waals surface area contributed by atoms with Crippen molar-refractivity contribution in [3.8, 4) is 22.9 Å². The Morgan fingerprint density at radius 2 is 1.69 bits per heavy atom. The third kappa shape index (κ3) is 4.14. The largest absolute Gasteiger partial charge is 0.481 e. The molecule has 0 aliphatic heterocycles. The zero-order chi connectivity index (χ0) is 25.2. The maximum Gasteiger partial charge on any atom is 0.443 e. The maximum absolute atomic E-state index is 14.6. The average molecular weight is 486 g/mol. The van der Waals surface area contributed by atoms with E-state index >= 15 is 0 Å². The molecule has 35 heavy (non-hydrogen) atoms. The first-order chi connectivity index (χ1) is 16.8. The summed E-state index contributed by atoms with van der Waals surface area (Å²) in [4.78, 5) is 21.2. The monoisotopic (exact) mass is 486 g/mol. The van der Waals surface area contributed by atoms with Crippen molar-refractivity contribution in [2.45, 2.75) is 11.9 Å². The summed E-state index contributed by atoms with van der Waals surface area (Å²) in [6.45, 7) is 0. The molecule has 4 rings (SSSR count). The molecule has 0 radical (unpaired) electrons. The quantitative estimate of drug-likeness (QED) is 0.394. The first-order valence-corrected chi connectivity index (χ1v) is 10.3. The highest BCUT2D eigenvalue weighted by atomic mass is 19.4. The molecule has 1 amide bonds. The molecule has 0 aliphatic rings. The highest BCUT2D eigenvalue weighted by molar-refractivity contribution is 5.94. The lowest BCUT2D eigenvalue weighted by Gasteiger charge is -2.34. The number of alkyl halides is 3. The normalized spacial score (nSPS) is 13.3. The Morgan fingerprint density at radius 3 is 2.31 bits per heavy atom. The fourth-order valence-electron chi connectivity index (χ4n) is 3.78. The van der Waals surface area contributed by atoms with E-state index in [1.54, 1.807) is 48.7 Å². The van der Waals surface area contributed by atoms with Crippen molar-refractivity contribution in [1.82, 2.24) is 19.7 Å². The van der Waals surface area contributed by atoms with Gasteiger partial charge < -0.3 is 19.5 Å². The topological polar surface area (TPSA) is 87.0 Å².